The van der Waals surface area contributed by atoms with E-state index < -0.39 is 6.09 Å². The van der Waals surface area contributed by atoms with Crippen molar-refractivity contribution in [2.45, 2.75) is 32.2 Å². The molecule has 4 N–H and O–H groups in total. The van der Waals surface area contributed by atoms with Gasteiger partial charge in [-0.1, -0.05) is 49.8 Å². The molecule has 2 aromatic carbocycles. The van der Waals surface area contributed by atoms with Crippen LogP contribution in [-0.4, -0.2) is 19.6 Å². The minimum absolute atomic E-state index is 0.101. The maximum absolute atomic E-state index is 11.4. The van der Waals surface area contributed by atoms with Crippen LogP contribution in [0.4, 0.5) is 16.2 Å². The van der Waals surface area contributed by atoms with Crippen molar-refractivity contribution < 1.29 is 14.3 Å². The predicted molar refractivity (Wildman–Crippen MR) is 113 cm³/mol. The van der Waals surface area contributed by atoms with Crippen molar-refractivity contribution in [2.24, 2.45) is 5.73 Å². The Balaban J connectivity index is 2.28. The van der Waals surface area contributed by atoms with E-state index in [1.807, 2.05) is 30.3 Å². The molecule has 0 bridgehead atoms. The van der Waals surface area contributed by atoms with Gasteiger partial charge in [0, 0.05) is 17.3 Å². The fourth-order valence-electron chi connectivity index (χ4n) is 2.83. The van der Waals surface area contributed by atoms with Crippen LogP contribution in [0.25, 0.3) is 11.1 Å². The molecule has 2 amide bonds. The molecular formula is C22H27N3O3. The van der Waals surface area contributed by atoms with Crippen LogP contribution < -0.4 is 16.4 Å². The number of rotatable bonds is 9. The molecule has 148 valence electrons. The summed E-state index contributed by atoms with van der Waals surface area (Å²) < 4.78 is 4.60. The molecule has 28 heavy (non-hydrogen) atoms. The number of amides is 2. The van der Waals surface area contributed by atoms with Crippen molar-refractivity contribution in [1.29, 1.82) is 0 Å². The number of ether oxygens (including phenoxy) is 1. The number of nitrogens with two attached hydrogens (primary N) is 1. The van der Waals surface area contributed by atoms with Crippen molar-refractivity contribution in [3.8, 4) is 11.1 Å². The van der Waals surface area contributed by atoms with Crippen molar-refractivity contribution >= 4 is 23.9 Å². The van der Waals surface area contributed by atoms with E-state index in [2.05, 4.69) is 34.4 Å². The first-order chi connectivity index (χ1) is 13.6. The third kappa shape index (κ3) is 5.96. The van der Waals surface area contributed by atoms with Gasteiger partial charge in [-0.05, 0) is 42.2 Å². The molecule has 6 heteroatoms. The topological polar surface area (TPSA) is 93.4 Å². The Bertz CT molecular complexity index is 834. The van der Waals surface area contributed by atoms with E-state index in [1.54, 1.807) is 12.1 Å². The van der Waals surface area contributed by atoms with E-state index >= 15 is 0 Å². The molecule has 1 atom stereocenters. The van der Waals surface area contributed by atoms with Gasteiger partial charge < -0.3 is 15.8 Å². The molecule has 0 heterocycles. The van der Waals surface area contributed by atoms with Gasteiger partial charge in [0.1, 0.15) is 0 Å². The minimum Gasteiger partial charge on any atom is -0.453 e. The number of nitrogens with one attached hydrogen (secondary N) is 2. The van der Waals surface area contributed by atoms with Crippen molar-refractivity contribution in [1.82, 2.24) is 0 Å². The molecule has 0 aliphatic rings. The summed E-state index contributed by atoms with van der Waals surface area (Å²) in [6.07, 6.45) is 7.25. The average Bonchev–Trinajstić information content (AvgIpc) is 2.71. The summed E-state index contributed by atoms with van der Waals surface area (Å²) in [5.74, 6) is 0. The number of hydrogen-bond acceptors (Lipinski definition) is 4. The van der Waals surface area contributed by atoms with Crippen molar-refractivity contribution in [2.75, 3.05) is 17.7 Å². The Morgan fingerprint density at radius 1 is 1.21 bits per heavy atom. The summed E-state index contributed by atoms with van der Waals surface area (Å²) in [6.45, 7) is 2.14. The molecular weight excluding hydrogens is 354 g/mol. The molecule has 0 aliphatic heterocycles. The highest BCUT2D eigenvalue weighted by Gasteiger charge is 2.11. The third-order valence-corrected chi connectivity index (χ3v) is 4.30. The number of carbonyl (C=O) groups is 2. The van der Waals surface area contributed by atoms with Crippen LogP contribution in [0.15, 0.2) is 54.6 Å². The molecule has 0 saturated carbocycles. The van der Waals surface area contributed by atoms with Crippen LogP contribution >= 0.6 is 0 Å². The normalized spacial score (nSPS) is 11.8. The quantitative estimate of drug-likeness (QED) is 0.428. The zero-order valence-electron chi connectivity index (χ0n) is 16.3. The summed E-state index contributed by atoms with van der Waals surface area (Å²) in [6, 6.07) is 13.1. The first-order valence-corrected chi connectivity index (χ1v) is 9.29. The Hall–Kier alpha value is -3.12. The summed E-state index contributed by atoms with van der Waals surface area (Å²) in [5.41, 5.74) is 10.2. The molecule has 0 saturated heterocycles. The van der Waals surface area contributed by atoms with Crippen LogP contribution in [-0.2, 0) is 9.53 Å². The lowest BCUT2D eigenvalue weighted by Crippen LogP contribution is -2.11. The number of anilines is 2. The summed E-state index contributed by atoms with van der Waals surface area (Å²) in [4.78, 5) is 22.5. The largest absolute Gasteiger partial charge is 0.453 e. The van der Waals surface area contributed by atoms with Crippen LogP contribution in [0.3, 0.4) is 0 Å². The molecule has 0 radical (unpaired) electrons. The second-order valence-electron chi connectivity index (χ2n) is 6.37. The maximum atomic E-state index is 11.4. The van der Waals surface area contributed by atoms with E-state index in [0.29, 0.717) is 17.8 Å². The monoisotopic (exact) mass is 381 g/mol. The first-order valence-electron chi connectivity index (χ1n) is 9.29. The highest BCUT2D eigenvalue weighted by molar-refractivity contribution is 5.91. The first kappa shape index (κ1) is 21.2. The van der Waals surface area contributed by atoms with Crippen LogP contribution in [0.2, 0.25) is 0 Å². The summed E-state index contributed by atoms with van der Waals surface area (Å²) in [5, 5.41) is 5.28. The van der Waals surface area contributed by atoms with E-state index in [1.165, 1.54) is 7.11 Å². The van der Waals surface area contributed by atoms with Crippen molar-refractivity contribution in [3.05, 3.63) is 60.2 Å². The van der Waals surface area contributed by atoms with Crippen LogP contribution in [0.1, 0.15) is 37.8 Å². The van der Waals surface area contributed by atoms with Crippen LogP contribution in [0, 0.1) is 0 Å². The standard InChI is InChI=1S/C22H27N3O3/c1-3-4-5-6-10-20(23)17-9-7-8-16(13-17)19-12-11-18(25-22(27)28-2)14-21(19)24-15-26/h5-9,11-15,20H,3-4,10,23H2,1-2H3,(H,24,26)(H,25,27)/b6-5+. The van der Waals surface area contributed by atoms with Crippen molar-refractivity contribution in [3.63, 3.8) is 0 Å². The van der Waals surface area contributed by atoms with E-state index in [9.17, 15) is 9.59 Å². The lowest BCUT2D eigenvalue weighted by Gasteiger charge is -2.15. The van der Waals surface area contributed by atoms with E-state index in [0.717, 1.165) is 36.0 Å². The Morgan fingerprint density at radius 3 is 2.75 bits per heavy atom. The molecule has 0 fully saturated rings. The average molecular weight is 381 g/mol. The molecule has 1 unspecified atom stereocenters. The van der Waals surface area contributed by atoms with Gasteiger partial charge in [0.15, 0.2) is 0 Å². The number of carbonyl (C=O) groups excluding carboxylic acids is 2. The van der Waals surface area contributed by atoms with Gasteiger partial charge in [-0.2, -0.15) is 0 Å². The van der Waals surface area contributed by atoms with Gasteiger partial charge in [0.2, 0.25) is 6.41 Å². The second-order valence-corrected chi connectivity index (χ2v) is 6.37. The van der Waals surface area contributed by atoms with E-state index in [4.69, 9.17) is 5.73 Å². The zero-order chi connectivity index (χ0) is 20.4. The lowest BCUT2D eigenvalue weighted by molar-refractivity contribution is -0.105. The van der Waals surface area contributed by atoms with Gasteiger partial charge in [-0.3, -0.25) is 10.1 Å². The summed E-state index contributed by atoms with van der Waals surface area (Å²) >= 11 is 0. The van der Waals surface area contributed by atoms with Gasteiger partial charge in [0.25, 0.3) is 0 Å². The number of methoxy groups -OCH3 is 1. The minimum atomic E-state index is -0.575. The van der Waals surface area contributed by atoms with Gasteiger partial charge in [-0.25, -0.2) is 4.79 Å². The van der Waals surface area contributed by atoms with Gasteiger partial charge >= 0.3 is 6.09 Å². The van der Waals surface area contributed by atoms with Crippen LogP contribution in [0.5, 0.6) is 0 Å². The number of benzene rings is 2. The SMILES string of the molecule is CCC/C=C/CC(N)c1cccc(-c2ccc(NC(=O)OC)cc2NC=O)c1. The maximum Gasteiger partial charge on any atom is 0.411 e. The number of unbranched alkanes of at least 4 members (excludes halogenated alkanes) is 1. The highest BCUT2D eigenvalue weighted by atomic mass is 16.5. The zero-order valence-corrected chi connectivity index (χ0v) is 16.3. The van der Waals surface area contributed by atoms with Gasteiger partial charge in [0.05, 0.1) is 12.8 Å². The molecule has 0 spiro atoms. The Morgan fingerprint density at radius 2 is 2.04 bits per heavy atom. The molecule has 6 nitrogen and oxygen atoms in total. The van der Waals surface area contributed by atoms with Gasteiger partial charge in [-0.15, -0.1) is 0 Å². The Kier molecular flexibility index (Phi) is 8.24. The predicted octanol–water partition coefficient (Wildman–Crippen LogP) is 4.85. The Labute approximate surface area is 165 Å². The fourth-order valence-corrected chi connectivity index (χ4v) is 2.83. The molecule has 2 rings (SSSR count). The number of allylic oxidation sites excluding steroid dienone is 1. The molecule has 0 aromatic heterocycles. The fraction of sp³-hybridized carbons (Fsp3) is 0.273. The lowest BCUT2D eigenvalue weighted by atomic mass is 9.97. The second kappa shape index (κ2) is 10.9. The summed E-state index contributed by atoms with van der Waals surface area (Å²) in [7, 11) is 1.29. The van der Waals surface area contributed by atoms with E-state index in [-0.39, 0.29) is 6.04 Å². The third-order valence-electron chi connectivity index (χ3n) is 4.30. The number of hydrogen-bond donors (Lipinski definition) is 3. The molecule has 0 aliphatic carbocycles. The molecule has 2 aromatic rings. The smallest absolute Gasteiger partial charge is 0.411 e. The highest BCUT2D eigenvalue weighted by Crippen LogP contribution is 2.32.